The van der Waals surface area contributed by atoms with Gasteiger partial charge in [0.25, 0.3) is 0 Å². The van der Waals surface area contributed by atoms with Crippen LogP contribution >= 0.6 is 0 Å². The minimum Gasteiger partial charge on any atom is -0.479 e. The number of carbonyl (C=O) groups is 1. The molecule has 0 aliphatic heterocycles. The molecule has 1 radical (unpaired) electrons. The zero-order valence-electron chi connectivity index (χ0n) is 4.97. The van der Waals surface area contributed by atoms with Crippen LogP contribution in [0.1, 0.15) is 13.8 Å². The second kappa shape index (κ2) is 2.13. The van der Waals surface area contributed by atoms with E-state index in [4.69, 9.17) is 5.11 Å². The average molecular weight is 117 g/mol. The first kappa shape index (κ1) is 7.43. The molecule has 0 unspecified atom stereocenters. The fourth-order valence-electron chi connectivity index (χ4n) is 0.0617. The van der Waals surface area contributed by atoms with Crippen molar-refractivity contribution in [1.29, 1.82) is 0 Å². The summed E-state index contributed by atoms with van der Waals surface area (Å²) in [5.74, 6) is -1.01. The Balaban J connectivity index is 3.91. The second-order valence-corrected chi connectivity index (χ2v) is 1.96. The molecule has 0 saturated heterocycles. The summed E-state index contributed by atoms with van der Waals surface area (Å²) in [5.41, 5.74) is -1.15. The molecule has 0 aromatic heterocycles. The quantitative estimate of drug-likeness (QED) is 0.577. The third kappa shape index (κ3) is 1.50. The minimum absolute atomic E-state index is 1.01. The van der Waals surface area contributed by atoms with E-state index in [-0.39, 0.29) is 0 Å². The fourth-order valence-corrected chi connectivity index (χ4v) is 0.0617. The fraction of sp³-hybridized carbons (Fsp3) is 0.600. The minimum atomic E-state index is -1.15. The molecule has 8 heavy (non-hydrogen) atoms. The summed E-state index contributed by atoms with van der Waals surface area (Å²) in [6.45, 7) is 2.87. The molecule has 0 aliphatic rings. The molecule has 0 saturated carbocycles. The lowest BCUT2D eigenvalue weighted by atomic mass is 10.1. The predicted octanol–water partition coefficient (Wildman–Crippen LogP) is 0.658. The van der Waals surface area contributed by atoms with Crippen molar-refractivity contribution in [2.24, 2.45) is 0 Å². The van der Waals surface area contributed by atoms with Crippen molar-refractivity contribution < 1.29 is 14.6 Å². The standard InChI is InChI=1S/C5H9O3/c1-5(2,8-3)4(6)7/h3H2,1-2H3,(H,6,7). The third-order valence-electron chi connectivity index (χ3n) is 0.876. The van der Waals surface area contributed by atoms with Crippen LogP contribution in [0.3, 0.4) is 0 Å². The Morgan fingerprint density at radius 1 is 1.75 bits per heavy atom. The SMILES string of the molecule is [CH2]OC(C)(C)C(=O)O. The highest BCUT2D eigenvalue weighted by atomic mass is 16.5. The lowest BCUT2D eigenvalue weighted by Crippen LogP contribution is -2.32. The number of carboxylic acids is 1. The largest absolute Gasteiger partial charge is 0.479 e. The summed E-state index contributed by atoms with van der Waals surface area (Å²) in [5, 5.41) is 8.28. The van der Waals surface area contributed by atoms with Crippen LogP contribution in [-0.2, 0) is 9.53 Å². The van der Waals surface area contributed by atoms with E-state index in [1.54, 1.807) is 0 Å². The molecule has 1 N–H and O–H groups in total. The van der Waals surface area contributed by atoms with Crippen molar-refractivity contribution in [3.05, 3.63) is 7.11 Å². The van der Waals surface area contributed by atoms with Gasteiger partial charge in [-0.3, -0.25) is 0 Å². The van der Waals surface area contributed by atoms with Crippen molar-refractivity contribution in [1.82, 2.24) is 0 Å². The van der Waals surface area contributed by atoms with Crippen LogP contribution < -0.4 is 0 Å². The second-order valence-electron chi connectivity index (χ2n) is 1.96. The molecule has 0 amide bonds. The first-order valence-electron chi connectivity index (χ1n) is 2.17. The summed E-state index contributed by atoms with van der Waals surface area (Å²) >= 11 is 0. The molecular weight excluding hydrogens is 108 g/mol. The molecule has 0 bridgehead atoms. The van der Waals surface area contributed by atoms with Gasteiger partial charge in [0.2, 0.25) is 0 Å². The first-order valence-corrected chi connectivity index (χ1v) is 2.17. The van der Waals surface area contributed by atoms with E-state index in [9.17, 15) is 4.79 Å². The van der Waals surface area contributed by atoms with E-state index in [0.29, 0.717) is 0 Å². The van der Waals surface area contributed by atoms with Gasteiger partial charge in [0.15, 0.2) is 5.60 Å². The molecule has 3 nitrogen and oxygen atoms in total. The van der Waals surface area contributed by atoms with Crippen molar-refractivity contribution in [3.8, 4) is 0 Å². The molecule has 0 aromatic carbocycles. The van der Waals surface area contributed by atoms with Gasteiger partial charge < -0.3 is 9.84 Å². The summed E-state index contributed by atoms with van der Waals surface area (Å²) < 4.78 is 4.35. The van der Waals surface area contributed by atoms with Gasteiger partial charge in [-0.1, -0.05) is 0 Å². The number of carboxylic acid groups (broad SMARTS) is 1. The Hall–Kier alpha value is -0.570. The maximum absolute atomic E-state index is 10.1. The summed E-state index contributed by atoms with van der Waals surface area (Å²) in [4.78, 5) is 10.1. The highest BCUT2D eigenvalue weighted by Gasteiger charge is 2.25. The van der Waals surface area contributed by atoms with Gasteiger partial charge in [-0.05, 0) is 13.8 Å². The number of hydrogen-bond acceptors (Lipinski definition) is 2. The van der Waals surface area contributed by atoms with Crippen LogP contribution in [0.25, 0.3) is 0 Å². The van der Waals surface area contributed by atoms with E-state index in [0.717, 1.165) is 0 Å². The van der Waals surface area contributed by atoms with Crippen LogP contribution in [0.2, 0.25) is 0 Å². The molecular formula is C5H9O3. The van der Waals surface area contributed by atoms with E-state index in [1.807, 2.05) is 0 Å². The Morgan fingerprint density at radius 3 is 2.12 bits per heavy atom. The summed E-state index contributed by atoms with van der Waals surface area (Å²) in [7, 11) is 3.00. The molecule has 0 spiro atoms. The van der Waals surface area contributed by atoms with Gasteiger partial charge in [-0.2, -0.15) is 0 Å². The maximum Gasteiger partial charge on any atom is 0.335 e. The smallest absolute Gasteiger partial charge is 0.335 e. The van der Waals surface area contributed by atoms with E-state index < -0.39 is 11.6 Å². The Kier molecular flexibility index (Phi) is 1.98. The van der Waals surface area contributed by atoms with Gasteiger partial charge in [-0.25, -0.2) is 4.79 Å². The zero-order chi connectivity index (χ0) is 6.78. The van der Waals surface area contributed by atoms with Crippen LogP contribution in [0.4, 0.5) is 0 Å². The van der Waals surface area contributed by atoms with E-state index >= 15 is 0 Å². The van der Waals surface area contributed by atoms with Crippen molar-refractivity contribution in [3.63, 3.8) is 0 Å². The molecule has 0 rings (SSSR count). The highest BCUT2D eigenvalue weighted by Crippen LogP contribution is 2.06. The van der Waals surface area contributed by atoms with Gasteiger partial charge >= 0.3 is 5.97 Å². The topological polar surface area (TPSA) is 46.5 Å². The number of aliphatic carboxylic acids is 1. The number of ether oxygens (including phenoxy) is 1. The highest BCUT2D eigenvalue weighted by molar-refractivity contribution is 5.76. The summed E-state index contributed by atoms with van der Waals surface area (Å²) in [6, 6.07) is 0. The van der Waals surface area contributed by atoms with Crippen molar-refractivity contribution >= 4 is 5.97 Å². The molecule has 0 fully saturated rings. The van der Waals surface area contributed by atoms with E-state index in [1.165, 1.54) is 13.8 Å². The molecule has 0 atom stereocenters. The number of rotatable bonds is 2. The van der Waals surface area contributed by atoms with E-state index in [2.05, 4.69) is 11.8 Å². The predicted molar refractivity (Wildman–Crippen MR) is 28.2 cm³/mol. The van der Waals surface area contributed by atoms with Crippen LogP contribution in [0.5, 0.6) is 0 Å². The Labute approximate surface area is 48.3 Å². The summed E-state index contributed by atoms with van der Waals surface area (Å²) in [6.07, 6.45) is 0. The first-order chi connectivity index (χ1) is 3.50. The maximum atomic E-state index is 10.1. The Morgan fingerprint density at radius 2 is 2.12 bits per heavy atom. The van der Waals surface area contributed by atoms with Crippen LogP contribution in [0.15, 0.2) is 0 Å². The van der Waals surface area contributed by atoms with Crippen LogP contribution in [0, 0.1) is 7.11 Å². The monoisotopic (exact) mass is 117 g/mol. The van der Waals surface area contributed by atoms with Gasteiger partial charge in [0, 0.05) is 0 Å². The normalized spacial score (nSPS) is 11.4. The third-order valence-corrected chi connectivity index (χ3v) is 0.876. The number of hydrogen-bond donors (Lipinski definition) is 1. The zero-order valence-corrected chi connectivity index (χ0v) is 4.97. The van der Waals surface area contributed by atoms with Crippen LogP contribution in [-0.4, -0.2) is 16.7 Å². The van der Waals surface area contributed by atoms with Gasteiger partial charge in [0.1, 0.15) is 0 Å². The van der Waals surface area contributed by atoms with Crippen molar-refractivity contribution in [2.75, 3.05) is 0 Å². The molecule has 0 aliphatic carbocycles. The molecule has 47 valence electrons. The molecule has 3 heteroatoms. The lowest BCUT2D eigenvalue weighted by Gasteiger charge is -2.15. The average Bonchev–Trinajstić information content (AvgIpc) is 1.67. The van der Waals surface area contributed by atoms with Crippen molar-refractivity contribution in [2.45, 2.75) is 19.4 Å². The Bertz CT molecular complexity index is 95.8. The van der Waals surface area contributed by atoms with Gasteiger partial charge in [-0.15, -0.1) is 0 Å². The molecule has 0 aromatic rings. The van der Waals surface area contributed by atoms with Gasteiger partial charge in [0.05, 0.1) is 7.11 Å². The lowest BCUT2D eigenvalue weighted by molar-refractivity contribution is -0.155. The molecule has 0 heterocycles.